The lowest BCUT2D eigenvalue weighted by Gasteiger charge is -2.29. The Morgan fingerprint density at radius 2 is 1.95 bits per heavy atom. The molecule has 1 aromatic carbocycles. The number of aryl methyl sites for hydroxylation is 1. The SMILES string of the molecule is CCNC(C)(C(=O)OCC)c1cc(F)c(C)cc1F. The highest BCUT2D eigenvalue weighted by atomic mass is 19.1. The normalized spacial score (nSPS) is 14.0. The number of halogens is 2. The van der Waals surface area contributed by atoms with Crippen LogP contribution >= 0.6 is 0 Å². The fourth-order valence-electron chi connectivity index (χ4n) is 1.94. The molecule has 0 heterocycles. The molecule has 0 aliphatic carbocycles. The number of carbonyl (C=O) groups excluding carboxylic acids is 1. The Kier molecular flexibility index (Phi) is 5.00. The molecule has 3 nitrogen and oxygen atoms in total. The summed E-state index contributed by atoms with van der Waals surface area (Å²) >= 11 is 0. The molecule has 0 amide bonds. The van der Waals surface area contributed by atoms with Crippen LogP contribution in [0.4, 0.5) is 8.78 Å². The Labute approximate surface area is 112 Å². The van der Waals surface area contributed by atoms with Crippen molar-refractivity contribution in [3.8, 4) is 0 Å². The quantitative estimate of drug-likeness (QED) is 0.837. The summed E-state index contributed by atoms with van der Waals surface area (Å²) in [6.07, 6.45) is 0. The van der Waals surface area contributed by atoms with Crippen molar-refractivity contribution >= 4 is 5.97 Å². The summed E-state index contributed by atoms with van der Waals surface area (Å²) in [5, 5.41) is 2.87. The van der Waals surface area contributed by atoms with Gasteiger partial charge in [-0.15, -0.1) is 0 Å². The van der Waals surface area contributed by atoms with Gasteiger partial charge in [-0.1, -0.05) is 6.92 Å². The van der Waals surface area contributed by atoms with Crippen molar-refractivity contribution < 1.29 is 18.3 Å². The van der Waals surface area contributed by atoms with Crippen LogP contribution in [0.3, 0.4) is 0 Å². The minimum absolute atomic E-state index is 0.0455. The predicted molar refractivity (Wildman–Crippen MR) is 68.8 cm³/mol. The molecule has 1 unspecified atom stereocenters. The molecular weight excluding hydrogens is 252 g/mol. The zero-order valence-electron chi connectivity index (χ0n) is 11.6. The van der Waals surface area contributed by atoms with Gasteiger partial charge in [0.1, 0.15) is 17.2 Å². The maximum absolute atomic E-state index is 14.0. The number of rotatable bonds is 5. The van der Waals surface area contributed by atoms with Crippen LogP contribution in [-0.4, -0.2) is 19.1 Å². The van der Waals surface area contributed by atoms with E-state index < -0.39 is 23.1 Å². The van der Waals surface area contributed by atoms with Gasteiger partial charge in [0.25, 0.3) is 0 Å². The van der Waals surface area contributed by atoms with Crippen LogP contribution in [0.25, 0.3) is 0 Å². The van der Waals surface area contributed by atoms with Gasteiger partial charge >= 0.3 is 5.97 Å². The summed E-state index contributed by atoms with van der Waals surface area (Å²) in [5.74, 6) is -1.81. The molecule has 1 rings (SSSR count). The second-order valence-corrected chi connectivity index (χ2v) is 4.46. The Balaban J connectivity index is 3.33. The Bertz CT molecular complexity index is 477. The summed E-state index contributed by atoms with van der Waals surface area (Å²) in [4.78, 5) is 12.0. The second-order valence-electron chi connectivity index (χ2n) is 4.46. The molecule has 5 heteroatoms. The third-order valence-electron chi connectivity index (χ3n) is 3.00. The molecule has 1 aromatic rings. The summed E-state index contributed by atoms with van der Waals surface area (Å²) in [6, 6.07) is 2.13. The van der Waals surface area contributed by atoms with Gasteiger partial charge in [-0.2, -0.15) is 0 Å². The number of hydrogen-bond acceptors (Lipinski definition) is 3. The molecule has 0 saturated heterocycles. The maximum Gasteiger partial charge on any atom is 0.330 e. The van der Waals surface area contributed by atoms with E-state index in [2.05, 4.69) is 5.32 Å². The van der Waals surface area contributed by atoms with E-state index in [-0.39, 0.29) is 17.7 Å². The minimum atomic E-state index is -1.40. The van der Waals surface area contributed by atoms with Crippen molar-refractivity contribution in [2.45, 2.75) is 33.2 Å². The van der Waals surface area contributed by atoms with Gasteiger partial charge in [0.2, 0.25) is 0 Å². The smallest absolute Gasteiger partial charge is 0.330 e. The number of ether oxygens (including phenoxy) is 1. The number of esters is 1. The molecule has 0 bridgehead atoms. The van der Waals surface area contributed by atoms with Gasteiger partial charge in [-0.05, 0) is 45.0 Å². The Hall–Kier alpha value is -1.49. The van der Waals surface area contributed by atoms with Gasteiger partial charge in [0.15, 0.2) is 0 Å². The monoisotopic (exact) mass is 271 g/mol. The standard InChI is InChI=1S/C14H19F2NO2/c1-5-17-14(4,13(18)19-6-2)10-8-11(15)9(3)7-12(10)16/h7-8,17H,5-6H2,1-4H3. The zero-order chi connectivity index (χ0) is 14.6. The zero-order valence-corrected chi connectivity index (χ0v) is 11.6. The minimum Gasteiger partial charge on any atom is -0.464 e. The number of carbonyl (C=O) groups is 1. The molecule has 106 valence electrons. The third-order valence-corrected chi connectivity index (χ3v) is 3.00. The summed E-state index contributed by atoms with van der Waals surface area (Å²) in [7, 11) is 0. The molecule has 1 atom stereocenters. The molecule has 0 aliphatic heterocycles. The molecule has 0 aromatic heterocycles. The van der Waals surface area contributed by atoms with Crippen LogP contribution in [-0.2, 0) is 15.1 Å². The first-order valence-corrected chi connectivity index (χ1v) is 6.25. The fraction of sp³-hybridized carbons (Fsp3) is 0.500. The van der Waals surface area contributed by atoms with E-state index in [0.717, 1.165) is 12.1 Å². The van der Waals surface area contributed by atoms with Gasteiger partial charge in [-0.3, -0.25) is 5.32 Å². The van der Waals surface area contributed by atoms with E-state index in [1.165, 1.54) is 13.8 Å². The predicted octanol–water partition coefficient (Wildman–Crippen LogP) is 2.66. The van der Waals surface area contributed by atoms with Crippen LogP contribution in [0, 0.1) is 18.6 Å². The molecule has 0 spiro atoms. The summed E-state index contributed by atoms with van der Waals surface area (Å²) in [5.41, 5.74) is -1.25. The molecular formula is C14H19F2NO2. The second kappa shape index (κ2) is 6.10. The van der Waals surface area contributed by atoms with E-state index in [9.17, 15) is 13.6 Å². The van der Waals surface area contributed by atoms with Crippen LogP contribution < -0.4 is 5.32 Å². The summed E-state index contributed by atoms with van der Waals surface area (Å²) < 4.78 is 32.6. The number of hydrogen-bond donors (Lipinski definition) is 1. The van der Waals surface area contributed by atoms with Gasteiger partial charge < -0.3 is 4.74 Å². The molecule has 1 N–H and O–H groups in total. The largest absolute Gasteiger partial charge is 0.464 e. The summed E-state index contributed by atoms with van der Waals surface area (Å²) in [6.45, 7) is 7.00. The van der Waals surface area contributed by atoms with Crippen molar-refractivity contribution in [3.05, 3.63) is 34.9 Å². The lowest BCUT2D eigenvalue weighted by molar-refractivity contribution is -0.151. The highest BCUT2D eigenvalue weighted by Crippen LogP contribution is 2.27. The van der Waals surface area contributed by atoms with Gasteiger partial charge in [0.05, 0.1) is 6.61 Å². The molecule has 0 radical (unpaired) electrons. The third kappa shape index (κ3) is 3.10. The van der Waals surface area contributed by atoms with Crippen LogP contribution in [0.15, 0.2) is 12.1 Å². The van der Waals surface area contributed by atoms with Crippen LogP contribution in [0.2, 0.25) is 0 Å². The lowest BCUT2D eigenvalue weighted by Crippen LogP contribution is -2.48. The highest BCUT2D eigenvalue weighted by molar-refractivity contribution is 5.82. The first-order valence-electron chi connectivity index (χ1n) is 6.25. The van der Waals surface area contributed by atoms with Crippen molar-refractivity contribution in [1.82, 2.24) is 5.32 Å². The van der Waals surface area contributed by atoms with E-state index >= 15 is 0 Å². The van der Waals surface area contributed by atoms with Crippen molar-refractivity contribution in [3.63, 3.8) is 0 Å². The van der Waals surface area contributed by atoms with E-state index in [4.69, 9.17) is 4.74 Å². The van der Waals surface area contributed by atoms with Crippen molar-refractivity contribution in [2.24, 2.45) is 0 Å². The molecule has 0 fully saturated rings. The van der Waals surface area contributed by atoms with Crippen LogP contribution in [0.1, 0.15) is 31.9 Å². The Morgan fingerprint density at radius 1 is 1.32 bits per heavy atom. The lowest BCUT2D eigenvalue weighted by atomic mass is 9.90. The van der Waals surface area contributed by atoms with Gasteiger partial charge in [0, 0.05) is 5.56 Å². The number of likely N-dealkylation sites (N-methyl/N-ethyl adjacent to an activating group) is 1. The van der Waals surface area contributed by atoms with Crippen molar-refractivity contribution in [1.29, 1.82) is 0 Å². The van der Waals surface area contributed by atoms with E-state index in [0.29, 0.717) is 6.54 Å². The molecule has 0 aliphatic rings. The topological polar surface area (TPSA) is 38.3 Å². The average molecular weight is 271 g/mol. The van der Waals surface area contributed by atoms with E-state index in [1.54, 1.807) is 13.8 Å². The highest BCUT2D eigenvalue weighted by Gasteiger charge is 2.38. The molecule has 0 saturated carbocycles. The maximum atomic E-state index is 14.0. The fourth-order valence-corrected chi connectivity index (χ4v) is 1.94. The number of nitrogens with one attached hydrogen (secondary N) is 1. The number of benzene rings is 1. The Morgan fingerprint density at radius 3 is 2.47 bits per heavy atom. The van der Waals surface area contributed by atoms with Crippen LogP contribution in [0.5, 0.6) is 0 Å². The van der Waals surface area contributed by atoms with Crippen molar-refractivity contribution in [2.75, 3.05) is 13.2 Å². The van der Waals surface area contributed by atoms with E-state index in [1.807, 2.05) is 0 Å². The van der Waals surface area contributed by atoms with Gasteiger partial charge in [-0.25, -0.2) is 13.6 Å². The molecule has 19 heavy (non-hydrogen) atoms. The first-order chi connectivity index (χ1) is 8.86. The average Bonchev–Trinajstić information content (AvgIpc) is 2.34. The first kappa shape index (κ1) is 15.6.